The molecule has 1 heterocycles. The monoisotopic (exact) mass is 266 g/mol. The second-order valence-electron chi connectivity index (χ2n) is 4.41. The number of hydrogen-bond donors (Lipinski definition) is 1. The number of nitrogens with zero attached hydrogens (tertiary/aromatic N) is 1. The molecular formula is C16H14N2O2. The molecule has 3 rings (SSSR count). The summed E-state index contributed by atoms with van der Waals surface area (Å²) >= 11 is 0. The van der Waals surface area contributed by atoms with E-state index in [0.717, 1.165) is 22.7 Å². The van der Waals surface area contributed by atoms with Crippen LogP contribution in [0.3, 0.4) is 0 Å². The van der Waals surface area contributed by atoms with Gasteiger partial charge in [0, 0.05) is 6.20 Å². The van der Waals surface area contributed by atoms with Crippen LogP contribution in [0.2, 0.25) is 0 Å². The number of hydrogen-bond acceptors (Lipinski definition) is 2. The van der Waals surface area contributed by atoms with Crippen molar-refractivity contribution in [1.29, 1.82) is 0 Å². The van der Waals surface area contributed by atoms with E-state index in [1.165, 1.54) is 0 Å². The molecule has 2 aromatic carbocycles. The molecule has 0 unspecified atom stereocenters. The van der Waals surface area contributed by atoms with E-state index in [2.05, 4.69) is 4.98 Å². The van der Waals surface area contributed by atoms with Gasteiger partial charge in [-0.2, -0.15) is 0 Å². The highest BCUT2D eigenvalue weighted by Crippen LogP contribution is 2.20. The van der Waals surface area contributed by atoms with Gasteiger partial charge in [0.25, 0.3) is 0 Å². The lowest BCUT2D eigenvalue weighted by Crippen LogP contribution is -2.13. The first-order valence-electron chi connectivity index (χ1n) is 6.29. The molecule has 0 amide bonds. The van der Waals surface area contributed by atoms with E-state index in [9.17, 15) is 4.79 Å². The van der Waals surface area contributed by atoms with Gasteiger partial charge in [-0.3, -0.25) is 4.57 Å². The van der Waals surface area contributed by atoms with Gasteiger partial charge in [-0.05, 0) is 42.0 Å². The second-order valence-corrected chi connectivity index (χ2v) is 4.41. The van der Waals surface area contributed by atoms with Crippen LogP contribution >= 0.6 is 0 Å². The number of aromatic amines is 1. The van der Waals surface area contributed by atoms with Crippen molar-refractivity contribution in [3.63, 3.8) is 0 Å². The van der Waals surface area contributed by atoms with Crippen molar-refractivity contribution in [2.75, 3.05) is 7.11 Å². The molecule has 1 N–H and O–H groups in total. The van der Waals surface area contributed by atoms with Gasteiger partial charge in [-0.15, -0.1) is 0 Å². The molecule has 3 aromatic rings. The summed E-state index contributed by atoms with van der Waals surface area (Å²) in [5.74, 6) is 0.790. The van der Waals surface area contributed by atoms with Gasteiger partial charge in [0.2, 0.25) is 0 Å². The fraction of sp³-hybridized carbons (Fsp3) is 0.0625. The van der Waals surface area contributed by atoms with Crippen LogP contribution in [0.1, 0.15) is 0 Å². The second kappa shape index (κ2) is 5.09. The Morgan fingerprint density at radius 2 is 1.70 bits per heavy atom. The Kier molecular flexibility index (Phi) is 3.13. The summed E-state index contributed by atoms with van der Waals surface area (Å²) in [5, 5.41) is 0. The van der Waals surface area contributed by atoms with Crippen LogP contribution in [-0.4, -0.2) is 16.7 Å². The molecule has 0 aliphatic carbocycles. The van der Waals surface area contributed by atoms with E-state index >= 15 is 0 Å². The van der Waals surface area contributed by atoms with Crippen LogP contribution in [-0.2, 0) is 0 Å². The number of para-hydroxylation sites is 1. The van der Waals surface area contributed by atoms with Crippen molar-refractivity contribution in [2.45, 2.75) is 0 Å². The third-order valence-corrected chi connectivity index (χ3v) is 3.15. The zero-order valence-electron chi connectivity index (χ0n) is 11.0. The Morgan fingerprint density at radius 3 is 2.35 bits per heavy atom. The summed E-state index contributed by atoms with van der Waals surface area (Å²) in [4.78, 5) is 14.9. The molecule has 20 heavy (non-hydrogen) atoms. The number of rotatable bonds is 3. The van der Waals surface area contributed by atoms with Crippen LogP contribution in [0.4, 0.5) is 0 Å². The maximum Gasteiger partial charge on any atom is 0.330 e. The first-order chi connectivity index (χ1) is 9.78. The molecule has 0 saturated heterocycles. The van der Waals surface area contributed by atoms with Crippen molar-refractivity contribution < 1.29 is 4.74 Å². The fourth-order valence-corrected chi connectivity index (χ4v) is 2.09. The zero-order chi connectivity index (χ0) is 13.9. The van der Waals surface area contributed by atoms with Gasteiger partial charge < -0.3 is 9.72 Å². The zero-order valence-corrected chi connectivity index (χ0v) is 11.0. The van der Waals surface area contributed by atoms with Crippen molar-refractivity contribution in [1.82, 2.24) is 9.55 Å². The summed E-state index contributed by atoms with van der Waals surface area (Å²) in [6.07, 6.45) is 1.81. The highest BCUT2D eigenvalue weighted by atomic mass is 16.5. The molecule has 4 heteroatoms. The highest BCUT2D eigenvalue weighted by molar-refractivity contribution is 5.60. The highest BCUT2D eigenvalue weighted by Gasteiger charge is 2.06. The number of imidazole rings is 1. The van der Waals surface area contributed by atoms with Gasteiger partial charge in [-0.25, -0.2) is 4.79 Å². The average molecular weight is 266 g/mol. The Labute approximate surface area is 116 Å². The van der Waals surface area contributed by atoms with Gasteiger partial charge in [-0.1, -0.05) is 18.2 Å². The van der Waals surface area contributed by atoms with Gasteiger partial charge in [0.05, 0.1) is 18.5 Å². The van der Waals surface area contributed by atoms with E-state index in [-0.39, 0.29) is 5.69 Å². The van der Waals surface area contributed by atoms with Gasteiger partial charge in [0.1, 0.15) is 5.75 Å². The van der Waals surface area contributed by atoms with Gasteiger partial charge in [0.15, 0.2) is 0 Å². The summed E-state index contributed by atoms with van der Waals surface area (Å²) in [6, 6.07) is 17.1. The lowest BCUT2D eigenvalue weighted by molar-refractivity contribution is 0.415. The maximum atomic E-state index is 12.0. The predicted molar refractivity (Wildman–Crippen MR) is 78.4 cm³/mol. The molecule has 0 spiro atoms. The number of benzene rings is 2. The minimum Gasteiger partial charge on any atom is -0.497 e. The van der Waals surface area contributed by atoms with E-state index in [1.807, 2.05) is 54.6 Å². The topological polar surface area (TPSA) is 47.0 Å². The molecule has 100 valence electrons. The lowest BCUT2D eigenvalue weighted by Gasteiger charge is -2.01. The van der Waals surface area contributed by atoms with Crippen LogP contribution < -0.4 is 10.4 Å². The number of nitrogens with one attached hydrogen (secondary N) is 1. The maximum absolute atomic E-state index is 12.0. The number of H-pyrrole nitrogens is 1. The Hall–Kier alpha value is -2.75. The summed E-state index contributed by atoms with van der Waals surface area (Å²) in [5.41, 5.74) is 2.41. The number of aromatic nitrogens is 2. The molecular weight excluding hydrogens is 252 g/mol. The van der Waals surface area contributed by atoms with Gasteiger partial charge >= 0.3 is 5.69 Å². The van der Waals surface area contributed by atoms with E-state index in [4.69, 9.17) is 4.74 Å². The smallest absolute Gasteiger partial charge is 0.330 e. The third-order valence-electron chi connectivity index (χ3n) is 3.15. The molecule has 0 atom stereocenters. The predicted octanol–water partition coefficient (Wildman–Crippen LogP) is 2.84. The fourth-order valence-electron chi connectivity index (χ4n) is 2.09. The summed E-state index contributed by atoms with van der Waals surface area (Å²) in [6.45, 7) is 0. The molecule has 4 nitrogen and oxygen atoms in total. The Morgan fingerprint density at radius 1 is 1.00 bits per heavy atom. The number of methoxy groups -OCH3 is 1. The molecule has 0 aliphatic rings. The lowest BCUT2D eigenvalue weighted by atomic mass is 10.1. The van der Waals surface area contributed by atoms with Crippen molar-refractivity contribution in [2.24, 2.45) is 0 Å². The summed E-state index contributed by atoms with van der Waals surface area (Å²) < 4.78 is 6.72. The molecule has 0 saturated carbocycles. The Bertz CT molecular complexity index is 755. The molecule has 0 aliphatic heterocycles. The molecule has 1 aromatic heterocycles. The molecule has 0 fully saturated rings. The van der Waals surface area contributed by atoms with E-state index in [0.29, 0.717) is 0 Å². The average Bonchev–Trinajstić information content (AvgIpc) is 2.90. The quantitative estimate of drug-likeness (QED) is 0.792. The Balaban J connectivity index is 2.02. The standard InChI is InChI=1S/C16H14N2O2/c1-20-14-9-7-12(8-10-14)15-11-18(16(19)17-15)13-5-3-2-4-6-13/h2-11H,1H3,(H,17,19). The SMILES string of the molecule is COc1ccc(-c2cn(-c3ccccc3)c(=O)[nH]2)cc1. The van der Waals surface area contributed by atoms with Crippen molar-refractivity contribution in [3.8, 4) is 22.7 Å². The largest absolute Gasteiger partial charge is 0.497 e. The third kappa shape index (κ3) is 2.23. The minimum atomic E-state index is -0.151. The minimum absolute atomic E-state index is 0.151. The first-order valence-corrected chi connectivity index (χ1v) is 6.29. The van der Waals surface area contributed by atoms with Crippen LogP contribution in [0.15, 0.2) is 65.6 Å². The van der Waals surface area contributed by atoms with Crippen LogP contribution in [0.25, 0.3) is 16.9 Å². The molecule has 0 bridgehead atoms. The van der Waals surface area contributed by atoms with Crippen molar-refractivity contribution >= 4 is 0 Å². The van der Waals surface area contributed by atoms with Crippen LogP contribution in [0.5, 0.6) is 5.75 Å². The van der Waals surface area contributed by atoms with Crippen LogP contribution in [0, 0.1) is 0 Å². The van der Waals surface area contributed by atoms with E-state index < -0.39 is 0 Å². The number of ether oxygens (including phenoxy) is 1. The van der Waals surface area contributed by atoms with Crippen molar-refractivity contribution in [3.05, 3.63) is 71.3 Å². The normalized spacial score (nSPS) is 10.4. The first kappa shape index (κ1) is 12.3. The molecule has 0 radical (unpaired) electrons. The van der Waals surface area contributed by atoms with E-state index in [1.54, 1.807) is 17.9 Å². The summed E-state index contributed by atoms with van der Waals surface area (Å²) in [7, 11) is 1.63.